The number of aliphatic hydroxyl groups excluding tert-OH is 1. The monoisotopic (exact) mass is 550 g/mol. The predicted molar refractivity (Wildman–Crippen MR) is 145 cm³/mol. The number of ether oxygens (including phenoxy) is 3. The number of carbonyl (C=O) groups excluding carboxylic acids is 4. The number of carbonyl (C=O) groups is 4. The van der Waals surface area contributed by atoms with E-state index in [0.717, 1.165) is 24.0 Å². The van der Waals surface area contributed by atoms with E-state index in [0.29, 0.717) is 6.42 Å². The Balaban J connectivity index is 1.42. The van der Waals surface area contributed by atoms with Crippen LogP contribution < -0.4 is 0 Å². The Morgan fingerprint density at radius 3 is 2.55 bits per heavy atom. The molecule has 40 heavy (non-hydrogen) atoms. The molecule has 5 rings (SSSR count). The van der Waals surface area contributed by atoms with Crippen molar-refractivity contribution in [2.24, 2.45) is 28.6 Å². The van der Waals surface area contributed by atoms with Crippen LogP contribution in [0.15, 0.2) is 54.1 Å². The van der Waals surface area contributed by atoms with Crippen molar-refractivity contribution in [2.45, 2.75) is 71.0 Å². The van der Waals surface area contributed by atoms with Crippen LogP contribution in [-0.4, -0.2) is 53.7 Å². The number of esters is 1. The number of aliphatic hydroxyl groups is 1. The molecular weight excluding hydrogens is 512 g/mol. The highest BCUT2D eigenvalue weighted by Gasteiger charge is 2.70. The van der Waals surface area contributed by atoms with E-state index in [1.807, 2.05) is 31.2 Å². The molecule has 0 saturated heterocycles. The molecule has 1 unspecified atom stereocenters. The summed E-state index contributed by atoms with van der Waals surface area (Å²) in [6, 6.07) is 9.10. The third-order valence-electron chi connectivity index (χ3n) is 10.1. The van der Waals surface area contributed by atoms with Crippen LogP contribution in [0, 0.1) is 28.6 Å². The minimum Gasteiger partial charge on any atom is -0.457 e. The van der Waals surface area contributed by atoms with Crippen LogP contribution in [0.25, 0.3) is 0 Å². The van der Waals surface area contributed by atoms with Gasteiger partial charge in [0.05, 0.1) is 19.1 Å². The highest BCUT2D eigenvalue weighted by atomic mass is 16.7. The minimum absolute atomic E-state index is 0.0205. The van der Waals surface area contributed by atoms with Crippen molar-refractivity contribution < 1.29 is 38.5 Å². The Kier molecular flexibility index (Phi) is 7.50. The number of allylic oxidation sites excluding steroid dienone is 4. The summed E-state index contributed by atoms with van der Waals surface area (Å²) in [6.45, 7) is 5.21. The molecule has 4 aliphatic rings. The van der Waals surface area contributed by atoms with Crippen molar-refractivity contribution in [3.05, 3.63) is 59.7 Å². The molecule has 0 heterocycles. The summed E-state index contributed by atoms with van der Waals surface area (Å²) >= 11 is 0. The number of ketones is 2. The van der Waals surface area contributed by atoms with Crippen molar-refractivity contribution in [3.8, 4) is 0 Å². The third kappa shape index (κ3) is 4.60. The quantitative estimate of drug-likeness (QED) is 0.492. The van der Waals surface area contributed by atoms with Crippen LogP contribution in [0.2, 0.25) is 0 Å². The van der Waals surface area contributed by atoms with Crippen LogP contribution in [0.3, 0.4) is 0 Å². The maximum absolute atomic E-state index is 14.0. The fourth-order valence-electron chi connectivity index (χ4n) is 8.36. The Morgan fingerprint density at radius 2 is 1.82 bits per heavy atom. The molecule has 7 atom stereocenters. The number of Topliss-reactive ketones (excluding diaryl/α,β-unsaturated/α-hetero) is 1. The van der Waals surface area contributed by atoms with Crippen molar-refractivity contribution in [3.63, 3.8) is 0 Å². The highest BCUT2D eigenvalue weighted by Crippen LogP contribution is 2.68. The van der Waals surface area contributed by atoms with Gasteiger partial charge in [-0.3, -0.25) is 14.4 Å². The Morgan fingerprint density at radius 1 is 1.07 bits per heavy atom. The maximum Gasteiger partial charge on any atom is 0.509 e. The van der Waals surface area contributed by atoms with E-state index < -0.39 is 47.0 Å². The smallest absolute Gasteiger partial charge is 0.457 e. The molecule has 0 amide bonds. The van der Waals surface area contributed by atoms with E-state index in [9.17, 15) is 24.3 Å². The van der Waals surface area contributed by atoms with E-state index in [2.05, 4.69) is 6.92 Å². The van der Waals surface area contributed by atoms with E-state index in [1.54, 1.807) is 31.2 Å². The maximum atomic E-state index is 14.0. The molecule has 1 aromatic carbocycles. The van der Waals surface area contributed by atoms with Crippen molar-refractivity contribution in [2.75, 3.05) is 13.2 Å². The fourth-order valence-corrected chi connectivity index (χ4v) is 8.36. The van der Waals surface area contributed by atoms with Gasteiger partial charge in [-0.05, 0) is 68.6 Å². The zero-order valence-corrected chi connectivity index (χ0v) is 23.4. The van der Waals surface area contributed by atoms with Crippen LogP contribution in [0.1, 0.15) is 58.4 Å². The summed E-state index contributed by atoms with van der Waals surface area (Å²) in [5, 5.41) is 11.7. The molecule has 3 fully saturated rings. The zero-order chi connectivity index (χ0) is 28.7. The van der Waals surface area contributed by atoms with E-state index in [4.69, 9.17) is 14.2 Å². The van der Waals surface area contributed by atoms with Gasteiger partial charge in [0.25, 0.3) is 0 Å². The lowest BCUT2D eigenvalue weighted by atomic mass is 9.46. The first kappa shape index (κ1) is 28.3. The second kappa shape index (κ2) is 10.6. The Bertz CT molecular complexity index is 1250. The SMILES string of the molecule is CCOC(=O)O[C@]1(C(=O)COC(=O)Cc2ccccc2)CC[C@H]2[C@@H]3CCC4=CC(=O)C=C[C@]4(C)[C@H]3C(O)C[C@@]21C. The van der Waals surface area contributed by atoms with Gasteiger partial charge in [0.15, 0.2) is 18.0 Å². The van der Waals surface area contributed by atoms with Gasteiger partial charge in [-0.15, -0.1) is 0 Å². The number of hydrogen-bond donors (Lipinski definition) is 1. The van der Waals surface area contributed by atoms with Gasteiger partial charge < -0.3 is 19.3 Å². The minimum atomic E-state index is -1.60. The molecule has 0 spiro atoms. The molecule has 0 aliphatic heterocycles. The summed E-state index contributed by atoms with van der Waals surface area (Å²) in [6.07, 6.45) is 6.09. The van der Waals surface area contributed by atoms with Gasteiger partial charge in [0.2, 0.25) is 5.78 Å². The lowest BCUT2D eigenvalue weighted by Gasteiger charge is -2.59. The second-order valence-electron chi connectivity index (χ2n) is 12.1. The number of fused-ring (bicyclic) bond motifs is 5. The van der Waals surface area contributed by atoms with Gasteiger partial charge in [0, 0.05) is 16.7 Å². The number of hydrogen-bond acceptors (Lipinski definition) is 8. The molecule has 0 bridgehead atoms. The molecule has 214 valence electrons. The van der Waals surface area contributed by atoms with E-state index in [-0.39, 0.29) is 49.4 Å². The molecule has 1 aromatic rings. The zero-order valence-electron chi connectivity index (χ0n) is 23.4. The van der Waals surface area contributed by atoms with Crippen molar-refractivity contribution in [1.82, 2.24) is 0 Å². The molecule has 8 heteroatoms. The molecule has 1 N–H and O–H groups in total. The predicted octanol–water partition coefficient (Wildman–Crippen LogP) is 4.53. The second-order valence-corrected chi connectivity index (χ2v) is 12.1. The lowest BCUT2D eigenvalue weighted by Crippen LogP contribution is -2.63. The summed E-state index contributed by atoms with van der Waals surface area (Å²) in [5.74, 6) is -1.18. The average molecular weight is 551 g/mol. The fraction of sp³-hybridized carbons (Fsp3) is 0.562. The topological polar surface area (TPSA) is 116 Å². The van der Waals surface area contributed by atoms with Crippen LogP contribution in [0.5, 0.6) is 0 Å². The summed E-state index contributed by atoms with van der Waals surface area (Å²) in [7, 11) is 0. The van der Waals surface area contributed by atoms with Crippen LogP contribution >= 0.6 is 0 Å². The van der Waals surface area contributed by atoms with Crippen LogP contribution in [0.4, 0.5) is 4.79 Å². The molecule has 4 aliphatic carbocycles. The van der Waals surface area contributed by atoms with Gasteiger partial charge in [-0.2, -0.15) is 0 Å². The van der Waals surface area contributed by atoms with Gasteiger partial charge in [0.1, 0.15) is 0 Å². The van der Waals surface area contributed by atoms with Gasteiger partial charge >= 0.3 is 12.1 Å². The van der Waals surface area contributed by atoms with E-state index >= 15 is 0 Å². The van der Waals surface area contributed by atoms with E-state index in [1.165, 1.54) is 0 Å². The standard InChI is InChI=1S/C32H38O8/c1-4-38-29(37)40-32(26(35)19-39-27(36)16-20-8-6-5-7-9-20)15-13-24-23-11-10-21-17-22(33)12-14-30(21,2)28(23)25(34)18-31(24,32)3/h5-9,12,14,17,23-25,28,34H,4,10-11,13,15-16,18-19H2,1-3H3/t23-,24-,25?,28+,30-,31-,32-/m0/s1. The molecule has 0 aromatic heterocycles. The molecule has 0 radical (unpaired) electrons. The summed E-state index contributed by atoms with van der Waals surface area (Å²) in [5.41, 5.74) is -1.14. The van der Waals surface area contributed by atoms with Crippen molar-refractivity contribution >= 4 is 23.7 Å². The first-order valence-corrected chi connectivity index (χ1v) is 14.2. The van der Waals surface area contributed by atoms with Gasteiger partial charge in [-0.1, -0.05) is 55.8 Å². The van der Waals surface area contributed by atoms with Crippen LogP contribution in [-0.2, 0) is 35.0 Å². The summed E-state index contributed by atoms with van der Waals surface area (Å²) in [4.78, 5) is 51.4. The molecule has 8 nitrogen and oxygen atoms in total. The number of benzene rings is 1. The first-order valence-electron chi connectivity index (χ1n) is 14.2. The third-order valence-corrected chi connectivity index (χ3v) is 10.1. The molecular formula is C32H38O8. The summed E-state index contributed by atoms with van der Waals surface area (Å²) < 4.78 is 16.4. The van der Waals surface area contributed by atoms with Crippen molar-refractivity contribution in [1.29, 1.82) is 0 Å². The highest BCUT2D eigenvalue weighted by molar-refractivity contribution is 6.01. The Labute approximate surface area is 234 Å². The lowest BCUT2D eigenvalue weighted by molar-refractivity contribution is -0.185. The Hall–Kier alpha value is -3.26. The number of rotatable bonds is 7. The van der Waals surface area contributed by atoms with Gasteiger partial charge in [-0.25, -0.2) is 4.79 Å². The average Bonchev–Trinajstić information content (AvgIpc) is 3.20. The normalized spacial score (nSPS) is 36.0. The first-order chi connectivity index (χ1) is 19.0. The molecule has 3 saturated carbocycles. The largest absolute Gasteiger partial charge is 0.509 e.